The zero-order valence-corrected chi connectivity index (χ0v) is 18.9. The van der Waals surface area contributed by atoms with Crippen molar-refractivity contribution in [1.29, 1.82) is 0 Å². The molecule has 4 nitrogen and oxygen atoms in total. The van der Waals surface area contributed by atoms with Gasteiger partial charge in [-0.1, -0.05) is 26.7 Å². The number of fused-ring (bicyclic) bond motifs is 5. The molecule has 0 heterocycles. The van der Waals surface area contributed by atoms with Crippen molar-refractivity contribution in [3.05, 3.63) is 0 Å². The molecule has 4 saturated carbocycles. The molecule has 164 valence electrons. The highest BCUT2D eigenvalue weighted by Gasteiger charge is 2.61. The highest BCUT2D eigenvalue weighted by atomic mass is 16.6. The first-order chi connectivity index (χ1) is 13.8. The van der Waals surface area contributed by atoms with E-state index in [0.29, 0.717) is 11.3 Å². The van der Waals surface area contributed by atoms with Gasteiger partial charge in [0.15, 0.2) is 0 Å². The minimum Gasteiger partial charge on any atom is -0.462 e. The van der Waals surface area contributed by atoms with Crippen LogP contribution in [0.4, 0.5) is 0 Å². The molecule has 4 fully saturated rings. The van der Waals surface area contributed by atoms with E-state index in [1.165, 1.54) is 71.6 Å². The molecule has 0 saturated heterocycles. The molecule has 0 bridgehead atoms. The van der Waals surface area contributed by atoms with Crippen molar-refractivity contribution in [3.8, 4) is 0 Å². The molecule has 4 unspecified atom stereocenters. The highest BCUT2D eigenvalue weighted by molar-refractivity contribution is 5.67. The predicted octanol–water partition coefficient (Wildman–Crippen LogP) is 5.53. The van der Waals surface area contributed by atoms with E-state index in [1.54, 1.807) is 0 Å². The second-order valence-corrected chi connectivity index (χ2v) is 11.1. The van der Waals surface area contributed by atoms with Crippen LogP contribution in [0.2, 0.25) is 0 Å². The van der Waals surface area contributed by atoms with Gasteiger partial charge in [0.2, 0.25) is 0 Å². The summed E-state index contributed by atoms with van der Waals surface area (Å²) in [6.45, 7) is 8.17. The van der Waals surface area contributed by atoms with Gasteiger partial charge in [-0.25, -0.2) is 0 Å². The predicted molar refractivity (Wildman–Crippen MR) is 112 cm³/mol. The molecule has 4 aliphatic carbocycles. The molecule has 4 rings (SSSR count). The van der Waals surface area contributed by atoms with Crippen LogP contribution in [-0.2, 0) is 19.1 Å². The monoisotopic (exact) mass is 404 g/mol. The fourth-order valence-corrected chi connectivity index (χ4v) is 8.59. The maximum Gasteiger partial charge on any atom is 0.303 e. The molecule has 0 aliphatic heterocycles. The molecule has 0 aromatic carbocycles. The minimum atomic E-state index is -0.301. The Hall–Kier alpha value is -1.06. The van der Waals surface area contributed by atoms with E-state index in [1.807, 2.05) is 0 Å². The summed E-state index contributed by atoms with van der Waals surface area (Å²) >= 11 is 0. The van der Waals surface area contributed by atoms with Gasteiger partial charge in [0.05, 0.1) is 0 Å². The number of hydrogen-bond acceptors (Lipinski definition) is 4. The van der Waals surface area contributed by atoms with Gasteiger partial charge in [-0.2, -0.15) is 0 Å². The fourth-order valence-electron chi connectivity index (χ4n) is 8.59. The zero-order chi connectivity index (χ0) is 20.8. The number of esters is 2. The Labute approximate surface area is 176 Å². The van der Waals surface area contributed by atoms with Crippen molar-refractivity contribution >= 4 is 11.9 Å². The van der Waals surface area contributed by atoms with Gasteiger partial charge in [-0.15, -0.1) is 0 Å². The lowest BCUT2D eigenvalue weighted by molar-refractivity contribution is -0.167. The average molecular weight is 405 g/mol. The summed E-state index contributed by atoms with van der Waals surface area (Å²) in [7, 11) is 0. The van der Waals surface area contributed by atoms with Crippen molar-refractivity contribution in [3.63, 3.8) is 0 Å². The second-order valence-electron chi connectivity index (χ2n) is 11.1. The normalized spacial score (nSPS) is 44.8. The molecular formula is C25H40O4. The van der Waals surface area contributed by atoms with E-state index < -0.39 is 0 Å². The minimum absolute atomic E-state index is 0.194. The summed E-state index contributed by atoms with van der Waals surface area (Å²) in [6, 6.07) is 0. The van der Waals surface area contributed by atoms with Crippen LogP contribution in [0.5, 0.6) is 0 Å². The van der Waals surface area contributed by atoms with Crippen molar-refractivity contribution in [2.75, 3.05) is 6.61 Å². The Balaban J connectivity index is 1.55. The smallest absolute Gasteiger partial charge is 0.303 e. The van der Waals surface area contributed by atoms with Crippen LogP contribution in [0.3, 0.4) is 0 Å². The summed E-state index contributed by atoms with van der Waals surface area (Å²) in [5, 5.41) is 0. The quantitative estimate of drug-likeness (QED) is 0.578. The van der Waals surface area contributed by atoms with E-state index in [4.69, 9.17) is 9.47 Å². The SMILES string of the molecule is CC(=O)OC[C@@H](OC(C)=O)C1CCC2C3CC[C@H]4CCCC[C@]4(C)C3CC[C@@]21C. The number of hydrogen-bond donors (Lipinski definition) is 0. The Bertz CT molecular complexity index is 645. The van der Waals surface area contributed by atoms with E-state index in [0.717, 1.165) is 30.1 Å². The van der Waals surface area contributed by atoms with Crippen LogP contribution in [0.15, 0.2) is 0 Å². The van der Waals surface area contributed by atoms with Gasteiger partial charge in [-0.05, 0) is 85.9 Å². The standard InChI is InChI=1S/C25H40O4/c1-16(26)28-15-23(29-17(2)27)22-11-10-20-19-9-8-18-7-5-6-13-24(18,3)21(19)12-14-25(20,22)4/h18-23H,5-15H2,1-4H3/t18-,19?,20?,21?,22?,23-,24+,25+/m1/s1. The third kappa shape index (κ3) is 3.63. The lowest BCUT2D eigenvalue weighted by atomic mass is 9.45. The van der Waals surface area contributed by atoms with Crippen LogP contribution >= 0.6 is 0 Å². The molecule has 4 aliphatic rings. The van der Waals surface area contributed by atoms with Gasteiger partial charge in [0.1, 0.15) is 12.7 Å². The number of rotatable bonds is 4. The van der Waals surface area contributed by atoms with Crippen molar-refractivity contribution < 1.29 is 19.1 Å². The first-order valence-corrected chi connectivity index (χ1v) is 12.1. The molecule has 4 heteroatoms. The van der Waals surface area contributed by atoms with Crippen molar-refractivity contribution in [2.24, 2.45) is 40.4 Å². The average Bonchev–Trinajstić information content (AvgIpc) is 3.01. The zero-order valence-electron chi connectivity index (χ0n) is 18.9. The third-order valence-electron chi connectivity index (χ3n) is 9.87. The summed E-state index contributed by atoms with van der Waals surface area (Å²) in [5.74, 6) is 3.10. The molecule has 29 heavy (non-hydrogen) atoms. The molecule has 0 aromatic rings. The van der Waals surface area contributed by atoms with Crippen LogP contribution in [0, 0.1) is 40.4 Å². The lowest BCUT2D eigenvalue weighted by Crippen LogP contribution is -2.53. The Morgan fingerprint density at radius 2 is 1.62 bits per heavy atom. The molecule has 0 amide bonds. The molecular weight excluding hydrogens is 364 g/mol. The molecule has 0 aromatic heterocycles. The maximum atomic E-state index is 11.8. The summed E-state index contributed by atoms with van der Waals surface area (Å²) in [5.41, 5.74) is 0.743. The van der Waals surface area contributed by atoms with Gasteiger partial charge in [0.25, 0.3) is 0 Å². The van der Waals surface area contributed by atoms with E-state index in [2.05, 4.69) is 13.8 Å². The fraction of sp³-hybridized carbons (Fsp3) is 0.920. The third-order valence-corrected chi connectivity index (χ3v) is 9.87. The van der Waals surface area contributed by atoms with Crippen LogP contribution < -0.4 is 0 Å². The largest absolute Gasteiger partial charge is 0.462 e. The number of carbonyl (C=O) groups is 2. The van der Waals surface area contributed by atoms with Gasteiger partial charge in [-0.3, -0.25) is 9.59 Å². The highest BCUT2D eigenvalue weighted by Crippen LogP contribution is 2.67. The maximum absolute atomic E-state index is 11.8. The Morgan fingerprint density at radius 1 is 0.862 bits per heavy atom. The van der Waals surface area contributed by atoms with Gasteiger partial charge < -0.3 is 9.47 Å². The summed E-state index contributed by atoms with van der Waals surface area (Å²) < 4.78 is 11.0. The van der Waals surface area contributed by atoms with Crippen LogP contribution in [0.1, 0.15) is 91.9 Å². The topological polar surface area (TPSA) is 52.6 Å². The van der Waals surface area contributed by atoms with Gasteiger partial charge in [0, 0.05) is 19.8 Å². The van der Waals surface area contributed by atoms with Crippen LogP contribution in [0.25, 0.3) is 0 Å². The molecule has 8 atom stereocenters. The number of carbonyl (C=O) groups excluding carboxylic acids is 2. The van der Waals surface area contributed by atoms with E-state index in [-0.39, 0.29) is 30.1 Å². The molecule has 0 N–H and O–H groups in total. The first kappa shape index (κ1) is 21.2. The van der Waals surface area contributed by atoms with E-state index >= 15 is 0 Å². The number of ether oxygens (including phenoxy) is 2. The van der Waals surface area contributed by atoms with E-state index in [9.17, 15) is 9.59 Å². The summed E-state index contributed by atoms with van der Waals surface area (Å²) in [6.07, 6.45) is 13.1. The Morgan fingerprint density at radius 3 is 2.34 bits per heavy atom. The Kier molecular flexibility index (Phi) is 5.76. The van der Waals surface area contributed by atoms with Crippen molar-refractivity contribution in [2.45, 2.75) is 98.0 Å². The molecule has 0 spiro atoms. The second kappa shape index (κ2) is 7.89. The molecule has 0 radical (unpaired) electrons. The van der Waals surface area contributed by atoms with Crippen molar-refractivity contribution in [1.82, 2.24) is 0 Å². The summed E-state index contributed by atoms with van der Waals surface area (Å²) in [4.78, 5) is 23.2. The van der Waals surface area contributed by atoms with Crippen LogP contribution in [-0.4, -0.2) is 24.6 Å². The van der Waals surface area contributed by atoms with Gasteiger partial charge >= 0.3 is 11.9 Å². The lowest BCUT2D eigenvalue weighted by Gasteiger charge is -2.60. The first-order valence-electron chi connectivity index (χ1n) is 12.1.